The van der Waals surface area contributed by atoms with Crippen molar-refractivity contribution in [2.45, 2.75) is 26.8 Å². The Balaban J connectivity index is 1.41. The van der Waals surface area contributed by atoms with Gasteiger partial charge in [0, 0.05) is 45.5 Å². The topological polar surface area (TPSA) is 63.4 Å². The molecule has 0 spiro atoms. The van der Waals surface area contributed by atoms with Crippen LogP contribution in [-0.2, 0) is 13.0 Å². The summed E-state index contributed by atoms with van der Waals surface area (Å²) in [5, 5.41) is 3.38. The highest BCUT2D eigenvalue weighted by atomic mass is 16.6. The predicted molar refractivity (Wildman–Crippen MR) is 119 cm³/mol. The molecule has 7 nitrogen and oxygen atoms in total. The van der Waals surface area contributed by atoms with Gasteiger partial charge in [-0.25, -0.2) is 4.98 Å². The first kappa shape index (κ1) is 20.1. The van der Waals surface area contributed by atoms with E-state index in [4.69, 9.17) is 19.5 Å². The fourth-order valence-electron chi connectivity index (χ4n) is 3.61. The number of imidazole rings is 1. The fourth-order valence-corrected chi connectivity index (χ4v) is 3.61. The molecular formula is C23H29N5O2. The molecule has 3 aromatic rings. The van der Waals surface area contributed by atoms with Crippen molar-refractivity contribution >= 4 is 11.6 Å². The first-order valence-electron chi connectivity index (χ1n) is 10.4. The molecule has 0 saturated heterocycles. The van der Waals surface area contributed by atoms with Crippen LogP contribution in [0.3, 0.4) is 0 Å². The van der Waals surface area contributed by atoms with E-state index < -0.39 is 0 Å². The van der Waals surface area contributed by atoms with Gasteiger partial charge in [-0.1, -0.05) is 12.1 Å². The van der Waals surface area contributed by atoms with Crippen molar-refractivity contribution in [1.82, 2.24) is 19.6 Å². The molecule has 3 heterocycles. The predicted octanol–water partition coefficient (Wildman–Crippen LogP) is 3.05. The zero-order valence-electron chi connectivity index (χ0n) is 17.9. The summed E-state index contributed by atoms with van der Waals surface area (Å²) in [5.74, 6) is 2.51. The highest BCUT2D eigenvalue weighted by molar-refractivity contribution is 5.79. The van der Waals surface area contributed by atoms with Gasteiger partial charge in [0.15, 0.2) is 17.5 Å². The molecule has 158 valence electrons. The van der Waals surface area contributed by atoms with Crippen LogP contribution >= 0.6 is 0 Å². The molecule has 1 aliphatic heterocycles. The summed E-state index contributed by atoms with van der Waals surface area (Å²) in [6.07, 6.45) is 4.92. The van der Waals surface area contributed by atoms with Gasteiger partial charge in [0.2, 0.25) is 0 Å². The third-order valence-corrected chi connectivity index (χ3v) is 5.08. The lowest BCUT2D eigenvalue weighted by molar-refractivity contribution is 0.171. The number of rotatable bonds is 6. The Bertz CT molecular complexity index is 1040. The Morgan fingerprint density at radius 3 is 2.87 bits per heavy atom. The van der Waals surface area contributed by atoms with Crippen LogP contribution in [0, 0.1) is 6.92 Å². The number of benzene rings is 1. The second-order valence-electron chi connectivity index (χ2n) is 7.47. The minimum absolute atomic E-state index is 0.596. The number of ether oxygens (including phenoxy) is 2. The zero-order chi connectivity index (χ0) is 20.9. The number of pyridine rings is 1. The summed E-state index contributed by atoms with van der Waals surface area (Å²) in [7, 11) is 2.05. The summed E-state index contributed by atoms with van der Waals surface area (Å²) >= 11 is 0. The smallest absolute Gasteiger partial charge is 0.193 e. The molecule has 30 heavy (non-hydrogen) atoms. The quantitative estimate of drug-likeness (QED) is 0.503. The van der Waals surface area contributed by atoms with Crippen molar-refractivity contribution in [2.75, 3.05) is 33.4 Å². The van der Waals surface area contributed by atoms with Gasteiger partial charge < -0.3 is 24.1 Å². The molecule has 0 amide bonds. The van der Waals surface area contributed by atoms with Crippen molar-refractivity contribution in [3.63, 3.8) is 0 Å². The number of aryl methyl sites for hydroxylation is 1. The van der Waals surface area contributed by atoms with Gasteiger partial charge in [-0.3, -0.25) is 4.99 Å². The molecule has 7 heteroatoms. The van der Waals surface area contributed by atoms with Crippen molar-refractivity contribution in [3.8, 4) is 11.5 Å². The van der Waals surface area contributed by atoms with E-state index in [1.807, 2.05) is 31.4 Å². The van der Waals surface area contributed by atoms with E-state index in [0.29, 0.717) is 19.8 Å². The second kappa shape index (κ2) is 9.07. The Hall–Kier alpha value is -3.22. The maximum Gasteiger partial charge on any atom is 0.193 e. The lowest BCUT2D eigenvalue weighted by Gasteiger charge is -2.23. The van der Waals surface area contributed by atoms with Gasteiger partial charge in [-0.15, -0.1) is 0 Å². The molecule has 0 unspecified atom stereocenters. The number of aliphatic imine (C=N–C) groups is 1. The molecule has 0 radical (unpaired) electrons. The zero-order valence-corrected chi connectivity index (χ0v) is 17.9. The minimum Gasteiger partial charge on any atom is -0.486 e. The van der Waals surface area contributed by atoms with Crippen LogP contribution in [0.25, 0.3) is 5.65 Å². The number of hydrogen-bond acceptors (Lipinski definition) is 4. The Kier molecular flexibility index (Phi) is 6.07. The van der Waals surface area contributed by atoms with Crippen LogP contribution in [0.1, 0.15) is 23.7 Å². The SMILES string of the molecule is CCNC(=NCCc1cn2cccc(C)c2n1)N(C)Cc1ccc2c(c1)OCCO2. The first-order valence-corrected chi connectivity index (χ1v) is 10.4. The van der Waals surface area contributed by atoms with Crippen molar-refractivity contribution in [3.05, 3.63) is 59.5 Å². The number of aromatic nitrogens is 2. The highest BCUT2D eigenvalue weighted by Gasteiger charge is 2.13. The Labute approximate surface area is 177 Å². The van der Waals surface area contributed by atoms with E-state index in [1.165, 1.54) is 5.56 Å². The van der Waals surface area contributed by atoms with Crippen LogP contribution in [-0.4, -0.2) is 53.6 Å². The van der Waals surface area contributed by atoms with E-state index in [-0.39, 0.29) is 0 Å². The second-order valence-corrected chi connectivity index (χ2v) is 7.47. The molecule has 1 aliphatic rings. The Morgan fingerprint density at radius 1 is 1.23 bits per heavy atom. The summed E-state index contributed by atoms with van der Waals surface area (Å²) < 4.78 is 13.4. The van der Waals surface area contributed by atoms with Gasteiger partial charge in [-0.05, 0) is 43.2 Å². The third kappa shape index (κ3) is 4.50. The minimum atomic E-state index is 0.596. The lowest BCUT2D eigenvalue weighted by Crippen LogP contribution is -2.38. The van der Waals surface area contributed by atoms with E-state index in [2.05, 4.69) is 46.8 Å². The van der Waals surface area contributed by atoms with Gasteiger partial charge in [0.25, 0.3) is 0 Å². The maximum absolute atomic E-state index is 5.70. The molecule has 1 aromatic carbocycles. The standard InChI is InChI=1S/C23H29N5O2/c1-4-24-23(25-10-9-19-16-28-11-5-6-17(2)22(28)26-19)27(3)15-18-7-8-20-21(14-18)30-13-12-29-20/h5-8,11,14,16H,4,9-10,12-13,15H2,1-3H3,(H,24,25). The average Bonchev–Trinajstić information content (AvgIpc) is 3.17. The molecule has 0 atom stereocenters. The maximum atomic E-state index is 5.70. The summed E-state index contributed by atoms with van der Waals surface area (Å²) in [4.78, 5) is 11.7. The molecule has 0 aliphatic carbocycles. The van der Waals surface area contributed by atoms with Crippen molar-refractivity contribution < 1.29 is 9.47 Å². The molecule has 0 fully saturated rings. The largest absolute Gasteiger partial charge is 0.486 e. The van der Waals surface area contributed by atoms with Crippen LogP contribution in [0.15, 0.2) is 47.7 Å². The first-order chi connectivity index (χ1) is 14.6. The fraction of sp³-hybridized carbons (Fsp3) is 0.391. The third-order valence-electron chi connectivity index (χ3n) is 5.08. The van der Waals surface area contributed by atoms with Crippen LogP contribution < -0.4 is 14.8 Å². The van der Waals surface area contributed by atoms with Gasteiger partial charge in [0.1, 0.15) is 18.9 Å². The molecule has 0 saturated carbocycles. The van der Waals surface area contributed by atoms with Crippen molar-refractivity contribution in [1.29, 1.82) is 0 Å². The average molecular weight is 408 g/mol. The molecule has 0 bridgehead atoms. The van der Waals surface area contributed by atoms with E-state index in [1.54, 1.807) is 0 Å². The highest BCUT2D eigenvalue weighted by Crippen LogP contribution is 2.31. The molecular weight excluding hydrogens is 378 g/mol. The number of hydrogen-bond donors (Lipinski definition) is 1. The van der Waals surface area contributed by atoms with Crippen LogP contribution in [0.5, 0.6) is 11.5 Å². The van der Waals surface area contributed by atoms with E-state index in [9.17, 15) is 0 Å². The molecule has 2 aromatic heterocycles. The molecule has 4 rings (SSSR count). The van der Waals surface area contributed by atoms with Gasteiger partial charge in [0.05, 0.1) is 5.69 Å². The van der Waals surface area contributed by atoms with E-state index >= 15 is 0 Å². The number of guanidine groups is 1. The Morgan fingerprint density at radius 2 is 2.07 bits per heavy atom. The van der Waals surface area contributed by atoms with Gasteiger partial charge in [-0.2, -0.15) is 0 Å². The normalized spacial score (nSPS) is 13.5. The van der Waals surface area contributed by atoms with Crippen LogP contribution in [0.2, 0.25) is 0 Å². The molecule has 1 N–H and O–H groups in total. The summed E-state index contributed by atoms with van der Waals surface area (Å²) in [5.41, 5.74) is 4.40. The van der Waals surface area contributed by atoms with E-state index in [0.717, 1.165) is 53.9 Å². The lowest BCUT2D eigenvalue weighted by atomic mass is 10.2. The summed E-state index contributed by atoms with van der Waals surface area (Å²) in [6.45, 7) is 7.59. The van der Waals surface area contributed by atoms with Gasteiger partial charge >= 0.3 is 0 Å². The van der Waals surface area contributed by atoms with Crippen LogP contribution in [0.4, 0.5) is 0 Å². The number of nitrogens with one attached hydrogen (secondary N) is 1. The number of fused-ring (bicyclic) bond motifs is 2. The monoisotopic (exact) mass is 407 g/mol. The van der Waals surface area contributed by atoms with Crippen molar-refractivity contribution in [2.24, 2.45) is 4.99 Å². The summed E-state index contributed by atoms with van der Waals surface area (Å²) in [6, 6.07) is 10.2. The number of nitrogens with zero attached hydrogens (tertiary/aromatic N) is 4.